The largest absolute Gasteiger partial charge is 0.454 e. The van der Waals surface area contributed by atoms with E-state index in [1.165, 1.54) is 18.2 Å². The summed E-state index contributed by atoms with van der Waals surface area (Å²) < 4.78 is 18.4. The number of benzene rings is 2. The van der Waals surface area contributed by atoms with Gasteiger partial charge in [-0.15, -0.1) is 0 Å². The molecule has 2 aromatic carbocycles. The van der Waals surface area contributed by atoms with Crippen molar-refractivity contribution in [1.82, 2.24) is 0 Å². The summed E-state index contributed by atoms with van der Waals surface area (Å²) in [5.74, 6) is -1.58. The molecule has 1 amide bonds. The lowest BCUT2D eigenvalue weighted by molar-refractivity contribution is -0.136. The van der Waals surface area contributed by atoms with Crippen molar-refractivity contribution in [3.63, 3.8) is 0 Å². The van der Waals surface area contributed by atoms with Crippen LogP contribution in [0.15, 0.2) is 48.5 Å². The summed E-state index contributed by atoms with van der Waals surface area (Å²) in [6.45, 7) is -0.411. The van der Waals surface area contributed by atoms with Crippen molar-refractivity contribution in [2.45, 2.75) is 12.8 Å². The molecule has 0 unspecified atom stereocenters. The summed E-state index contributed by atoms with van der Waals surface area (Å²) in [5, 5.41) is 2.74. The third-order valence-electron chi connectivity index (χ3n) is 3.97. The number of anilines is 1. The Morgan fingerprint density at radius 1 is 1.15 bits per heavy atom. The van der Waals surface area contributed by atoms with Gasteiger partial charge in [0.05, 0.1) is 0 Å². The Hall–Kier alpha value is -3.28. The molecular formula is C20H16FNO4. The third kappa shape index (κ3) is 4.22. The van der Waals surface area contributed by atoms with E-state index in [1.807, 2.05) is 0 Å². The molecule has 5 nitrogen and oxygen atoms in total. The predicted molar refractivity (Wildman–Crippen MR) is 94.1 cm³/mol. The van der Waals surface area contributed by atoms with Crippen molar-refractivity contribution in [2.24, 2.45) is 0 Å². The molecule has 2 aromatic rings. The number of amides is 1. The maximum atomic E-state index is 13.5. The highest BCUT2D eigenvalue weighted by Gasteiger charge is 2.17. The Kier molecular flexibility index (Phi) is 5.22. The van der Waals surface area contributed by atoms with Gasteiger partial charge < -0.3 is 10.1 Å². The van der Waals surface area contributed by atoms with Gasteiger partial charge in [-0.1, -0.05) is 18.2 Å². The Morgan fingerprint density at radius 2 is 1.96 bits per heavy atom. The number of ether oxygens (including phenoxy) is 1. The lowest BCUT2D eigenvalue weighted by Crippen LogP contribution is -2.20. The second kappa shape index (κ2) is 7.74. The number of halogens is 1. The number of nitrogens with one attached hydrogen (secondary N) is 1. The van der Waals surface area contributed by atoms with Crippen LogP contribution in [0.4, 0.5) is 10.1 Å². The zero-order valence-corrected chi connectivity index (χ0v) is 13.8. The highest BCUT2D eigenvalue weighted by atomic mass is 19.1. The number of carbonyl (C=O) groups excluding carboxylic acids is 3. The Bertz CT molecular complexity index is 904. The fourth-order valence-electron chi connectivity index (χ4n) is 2.59. The van der Waals surface area contributed by atoms with Crippen LogP contribution >= 0.6 is 0 Å². The Morgan fingerprint density at radius 3 is 2.77 bits per heavy atom. The van der Waals surface area contributed by atoms with Gasteiger partial charge in [-0.3, -0.25) is 9.59 Å². The van der Waals surface area contributed by atoms with Gasteiger partial charge in [0, 0.05) is 29.3 Å². The number of hydrogen-bond acceptors (Lipinski definition) is 4. The van der Waals surface area contributed by atoms with Gasteiger partial charge in [0.25, 0.3) is 0 Å². The zero-order chi connectivity index (χ0) is 18.5. The topological polar surface area (TPSA) is 72.5 Å². The monoisotopic (exact) mass is 353 g/mol. The summed E-state index contributed by atoms with van der Waals surface area (Å²) in [4.78, 5) is 35.2. The highest BCUT2D eigenvalue weighted by Crippen LogP contribution is 2.23. The first kappa shape index (κ1) is 17.5. The van der Waals surface area contributed by atoms with Crippen molar-refractivity contribution in [3.8, 4) is 0 Å². The molecule has 3 rings (SSSR count). The van der Waals surface area contributed by atoms with Crippen LogP contribution in [0.25, 0.3) is 6.08 Å². The molecule has 0 spiro atoms. The van der Waals surface area contributed by atoms with Gasteiger partial charge in [-0.2, -0.15) is 0 Å². The number of Topliss-reactive ketones (excluding diaryl/α,β-unsaturated/α-hetero) is 1. The number of carbonyl (C=O) groups is 3. The lowest BCUT2D eigenvalue weighted by atomic mass is 9.99. The van der Waals surface area contributed by atoms with Crippen LogP contribution in [0.1, 0.15) is 27.9 Å². The first-order valence-electron chi connectivity index (χ1n) is 8.08. The smallest absolute Gasteiger partial charge is 0.331 e. The summed E-state index contributed by atoms with van der Waals surface area (Å²) >= 11 is 0. The number of esters is 1. The maximum Gasteiger partial charge on any atom is 0.331 e. The van der Waals surface area contributed by atoms with E-state index in [-0.39, 0.29) is 17.3 Å². The summed E-state index contributed by atoms with van der Waals surface area (Å²) in [6.07, 6.45) is 3.31. The molecule has 0 fully saturated rings. The maximum absolute atomic E-state index is 13.5. The molecule has 1 aliphatic rings. The second-order valence-electron chi connectivity index (χ2n) is 5.81. The average molecular weight is 353 g/mol. The molecule has 1 aliphatic heterocycles. The average Bonchev–Trinajstić information content (AvgIpc) is 2.65. The second-order valence-corrected chi connectivity index (χ2v) is 5.81. The first-order chi connectivity index (χ1) is 12.5. The third-order valence-corrected chi connectivity index (χ3v) is 3.97. The normalized spacial score (nSPS) is 13.2. The molecule has 0 bridgehead atoms. The van der Waals surface area contributed by atoms with E-state index >= 15 is 0 Å². The summed E-state index contributed by atoms with van der Waals surface area (Å²) in [6, 6.07) is 10.9. The minimum Gasteiger partial charge on any atom is -0.454 e. The molecule has 0 radical (unpaired) electrons. The van der Waals surface area contributed by atoms with Gasteiger partial charge >= 0.3 is 5.97 Å². The van der Waals surface area contributed by atoms with E-state index in [2.05, 4.69) is 5.32 Å². The lowest BCUT2D eigenvalue weighted by Gasteiger charge is -2.17. The molecule has 0 aliphatic carbocycles. The fourth-order valence-corrected chi connectivity index (χ4v) is 2.59. The quantitative estimate of drug-likeness (QED) is 0.509. The van der Waals surface area contributed by atoms with Gasteiger partial charge in [0.2, 0.25) is 5.91 Å². The fraction of sp³-hybridized carbons (Fsp3) is 0.150. The Labute approximate surface area is 149 Å². The minimum atomic E-state index is -0.730. The van der Waals surface area contributed by atoms with Crippen molar-refractivity contribution >= 4 is 29.4 Å². The van der Waals surface area contributed by atoms with Crippen LogP contribution in [-0.2, 0) is 20.7 Å². The van der Waals surface area contributed by atoms with Gasteiger partial charge in [-0.05, 0) is 42.3 Å². The van der Waals surface area contributed by atoms with Gasteiger partial charge in [-0.25, -0.2) is 9.18 Å². The van der Waals surface area contributed by atoms with Gasteiger partial charge in [0.15, 0.2) is 12.4 Å². The molecule has 1 heterocycles. The molecule has 6 heteroatoms. The number of hydrogen-bond donors (Lipinski definition) is 1. The number of ketones is 1. The van der Waals surface area contributed by atoms with Crippen molar-refractivity contribution in [2.75, 3.05) is 11.9 Å². The minimum absolute atomic E-state index is 0.0489. The number of fused-ring (bicyclic) bond motifs is 1. The van der Waals surface area contributed by atoms with Crippen molar-refractivity contribution < 1.29 is 23.5 Å². The van der Waals surface area contributed by atoms with Crippen molar-refractivity contribution in [3.05, 3.63) is 71.0 Å². The molecule has 132 valence electrons. The summed E-state index contributed by atoms with van der Waals surface area (Å²) in [7, 11) is 0. The van der Waals surface area contributed by atoms with Crippen LogP contribution in [0.3, 0.4) is 0 Å². The van der Waals surface area contributed by atoms with E-state index in [0.717, 1.165) is 11.6 Å². The standard InChI is InChI=1S/C20H16FNO4/c21-16-4-2-1-3-13(16)7-10-20(25)26-12-18(23)15-5-8-17-14(11-15)6-9-19(24)22-17/h1-5,7-8,10-11H,6,9,12H2,(H,22,24)/b10-7+. The molecule has 0 aromatic heterocycles. The van der Waals surface area contributed by atoms with Crippen LogP contribution in [0.5, 0.6) is 0 Å². The van der Waals surface area contributed by atoms with Crippen molar-refractivity contribution in [1.29, 1.82) is 0 Å². The van der Waals surface area contributed by atoms with E-state index < -0.39 is 18.4 Å². The van der Waals surface area contributed by atoms with Gasteiger partial charge in [0.1, 0.15) is 5.82 Å². The number of rotatable bonds is 5. The molecule has 26 heavy (non-hydrogen) atoms. The van der Waals surface area contributed by atoms with E-state index in [9.17, 15) is 18.8 Å². The molecule has 1 N–H and O–H groups in total. The summed E-state index contributed by atoms with van der Waals surface area (Å²) in [5.41, 5.74) is 2.24. The van der Waals surface area contributed by atoms with E-state index in [0.29, 0.717) is 24.1 Å². The molecule has 0 saturated heterocycles. The highest BCUT2D eigenvalue weighted by molar-refractivity contribution is 6.00. The van der Waals surface area contributed by atoms with E-state index in [4.69, 9.17) is 4.74 Å². The molecule has 0 saturated carbocycles. The van der Waals surface area contributed by atoms with E-state index in [1.54, 1.807) is 30.3 Å². The predicted octanol–water partition coefficient (Wildman–Crippen LogP) is 3.15. The van der Waals surface area contributed by atoms with Crippen LogP contribution < -0.4 is 5.32 Å². The Balaban J connectivity index is 1.58. The zero-order valence-electron chi connectivity index (χ0n) is 13.8. The first-order valence-corrected chi connectivity index (χ1v) is 8.08. The molecule has 0 atom stereocenters. The number of aryl methyl sites for hydroxylation is 1. The SMILES string of the molecule is O=C1CCc2cc(C(=O)COC(=O)/C=C/c3ccccc3F)ccc2N1. The molecular weight excluding hydrogens is 337 g/mol. The van der Waals surface area contributed by atoms with Crippen LogP contribution in [0, 0.1) is 5.82 Å². The van der Waals surface area contributed by atoms with Crippen LogP contribution in [0.2, 0.25) is 0 Å². The van der Waals surface area contributed by atoms with Crippen LogP contribution in [-0.4, -0.2) is 24.3 Å².